The molecular weight excluding hydrogens is 871 g/mol. The lowest BCUT2D eigenvalue weighted by atomic mass is 9.99. The zero-order valence-corrected chi connectivity index (χ0v) is 44.1. The molecule has 67 heavy (non-hydrogen) atoms. The SMILES string of the molecule is CCCCCCCCCCCCCCCCCCCCCCCC(=O)NC(COC1OC(CO)C(O)C(OS(=O)(=O)O)C1O)C(O)CCCCCCCCCCCCCCCCCCCCC. The van der Waals surface area contributed by atoms with Crippen LogP contribution in [0.3, 0.4) is 0 Å². The third-order valence-corrected chi connectivity index (χ3v) is 14.4. The van der Waals surface area contributed by atoms with Gasteiger partial charge in [-0.2, -0.15) is 8.42 Å². The minimum absolute atomic E-state index is 0.222. The molecule has 7 unspecified atom stereocenters. The molecule has 12 nitrogen and oxygen atoms in total. The lowest BCUT2D eigenvalue weighted by molar-refractivity contribution is -0.298. The fourth-order valence-corrected chi connectivity index (χ4v) is 10.0. The standard InChI is InChI=1S/C54H107NO11S/c1-3-5-7-9-11-13-15-17-19-21-23-24-26-28-30-32-34-36-38-40-42-44-50(58)55-47(46-64-54-52(60)53(66-67(61,62)63)51(59)49(45-56)65-54)48(57)43-41-39-37-35-33-31-29-27-25-22-20-18-16-14-12-10-8-6-4-2/h47-49,51-54,56-57,59-60H,3-46H2,1-2H3,(H,55,58)(H,61,62,63). The molecule has 0 spiro atoms. The topological polar surface area (TPSA) is 192 Å². The molecule has 0 bridgehead atoms. The maximum atomic E-state index is 13.1. The second-order valence-electron chi connectivity index (χ2n) is 20.2. The van der Waals surface area contributed by atoms with Gasteiger partial charge in [0, 0.05) is 6.42 Å². The summed E-state index contributed by atoms with van der Waals surface area (Å²) in [6, 6.07) is -0.853. The van der Waals surface area contributed by atoms with E-state index in [0.717, 1.165) is 51.4 Å². The van der Waals surface area contributed by atoms with E-state index in [2.05, 4.69) is 23.3 Å². The van der Waals surface area contributed by atoms with Crippen molar-refractivity contribution in [3.8, 4) is 0 Å². The highest BCUT2D eigenvalue weighted by atomic mass is 32.3. The molecule has 1 heterocycles. The first-order chi connectivity index (χ1) is 32.5. The van der Waals surface area contributed by atoms with Gasteiger partial charge in [-0.05, 0) is 12.8 Å². The molecule has 1 fully saturated rings. The number of rotatable bonds is 50. The fourth-order valence-electron chi connectivity index (χ4n) is 9.52. The monoisotopic (exact) mass is 978 g/mol. The van der Waals surface area contributed by atoms with Crippen molar-refractivity contribution in [2.75, 3.05) is 13.2 Å². The van der Waals surface area contributed by atoms with Gasteiger partial charge in [-0.1, -0.05) is 264 Å². The van der Waals surface area contributed by atoms with E-state index < -0.39 is 59.9 Å². The van der Waals surface area contributed by atoms with Crippen LogP contribution in [0.25, 0.3) is 0 Å². The van der Waals surface area contributed by atoms with E-state index in [-0.39, 0.29) is 12.5 Å². The summed E-state index contributed by atoms with van der Waals surface area (Å²) in [6.45, 7) is 3.50. The van der Waals surface area contributed by atoms with E-state index >= 15 is 0 Å². The van der Waals surface area contributed by atoms with Gasteiger partial charge in [0.1, 0.15) is 24.4 Å². The largest absolute Gasteiger partial charge is 0.397 e. The Morgan fingerprint density at radius 2 is 0.866 bits per heavy atom. The Morgan fingerprint density at radius 3 is 1.19 bits per heavy atom. The molecule has 7 atom stereocenters. The molecule has 0 aliphatic carbocycles. The fraction of sp³-hybridized carbons (Fsp3) is 0.981. The van der Waals surface area contributed by atoms with Crippen molar-refractivity contribution in [3.63, 3.8) is 0 Å². The summed E-state index contributed by atoms with van der Waals surface area (Å²) in [5.74, 6) is -0.222. The van der Waals surface area contributed by atoms with Crippen LogP contribution in [-0.2, 0) is 28.9 Å². The molecule has 0 saturated carbocycles. The number of hydrogen-bond donors (Lipinski definition) is 6. The van der Waals surface area contributed by atoms with Crippen molar-refractivity contribution in [2.24, 2.45) is 0 Å². The van der Waals surface area contributed by atoms with E-state index in [4.69, 9.17) is 9.47 Å². The average Bonchev–Trinajstić information content (AvgIpc) is 3.30. The molecular formula is C54H107NO11S. The summed E-state index contributed by atoms with van der Waals surface area (Å²) in [5, 5.41) is 45.1. The van der Waals surface area contributed by atoms with E-state index in [0.29, 0.717) is 12.8 Å². The molecule has 400 valence electrons. The number of aliphatic hydroxyl groups is 4. The van der Waals surface area contributed by atoms with Crippen molar-refractivity contribution in [2.45, 2.75) is 326 Å². The van der Waals surface area contributed by atoms with Crippen LogP contribution in [0.2, 0.25) is 0 Å². The van der Waals surface area contributed by atoms with Crippen molar-refractivity contribution < 1.29 is 51.8 Å². The van der Waals surface area contributed by atoms with Crippen LogP contribution in [0.4, 0.5) is 0 Å². The molecule has 1 amide bonds. The van der Waals surface area contributed by atoms with Gasteiger partial charge >= 0.3 is 10.4 Å². The normalized spacial score (nSPS) is 19.8. The lowest BCUT2D eigenvalue weighted by Crippen LogP contribution is -2.61. The van der Waals surface area contributed by atoms with E-state index in [1.54, 1.807) is 0 Å². The molecule has 13 heteroatoms. The van der Waals surface area contributed by atoms with Gasteiger partial charge < -0.3 is 35.2 Å². The molecule has 1 rings (SSSR count). The highest BCUT2D eigenvalue weighted by molar-refractivity contribution is 7.80. The van der Waals surface area contributed by atoms with Crippen LogP contribution in [0, 0.1) is 0 Å². The molecule has 1 aliphatic rings. The van der Waals surface area contributed by atoms with Gasteiger partial charge in [-0.25, -0.2) is 4.18 Å². The third-order valence-electron chi connectivity index (χ3n) is 13.9. The van der Waals surface area contributed by atoms with E-state index in [1.165, 1.54) is 205 Å². The highest BCUT2D eigenvalue weighted by Gasteiger charge is 2.48. The van der Waals surface area contributed by atoms with E-state index in [1.807, 2.05) is 0 Å². The van der Waals surface area contributed by atoms with Crippen molar-refractivity contribution in [1.29, 1.82) is 0 Å². The van der Waals surface area contributed by atoms with Crippen LogP contribution < -0.4 is 5.32 Å². The quantitative estimate of drug-likeness (QED) is 0.0251. The van der Waals surface area contributed by atoms with Gasteiger partial charge in [-0.3, -0.25) is 9.35 Å². The number of nitrogens with one attached hydrogen (secondary N) is 1. The number of hydrogen-bond acceptors (Lipinski definition) is 10. The molecule has 0 radical (unpaired) electrons. The van der Waals surface area contributed by atoms with Gasteiger partial charge in [0.05, 0.1) is 25.4 Å². The number of unbranched alkanes of at least 4 members (excludes halogenated alkanes) is 38. The third kappa shape index (κ3) is 37.5. The smallest absolute Gasteiger partial charge is 0.394 e. The Hall–Kier alpha value is -0.900. The first-order valence-electron chi connectivity index (χ1n) is 28.4. The maximum Gasteiger partial charge on any atom is 0.397 e. The van der Waals surface area contributed by atoms with Gasteiger partial charge in [0.15, 0.2) is 6.29 Å². The average molecular weight is 979 g/mol. The van der Waals surface area contributed by atoms with Crippen LogP contribution >= 0.6 is 0 Å². The summed E-state index contributed by atoms with van der Waals surface area (Å²) in [4.78, 5) is 13.1. The first kappa shape index (κ1) is 64.1. The summed E-state index contributed by atoms with van der Waals surface area (Å²) in [7, 11) is -5.08. The number of amides is 1. The summed E-state index contributed by atoms with van der Waals surface area (Å²) >= 11 is 0. The van der Waals surface area contributed by atoms with Crippen molar-refractivity contribution in [3.05, 3.63) is 0 Å². The predicted molar refractivity (Wildman–Crippen MR) is 273 cm³/mol. The lowest BCUT2D eigenvalue weighted by Gasteiger charge is -2.41. The molecule has 0 aromatic carbocycles. The van der Waals surface area contributed by atoms with Crippen LogP contribution in [0.1, 0.15) is 284 Å². The number of carbonyl (C=O) groups is 1. The second-order valence-corrected chi connectivity index (χ2v) is 21.3. The summed E-state index contributed by atoms with van der Waals surface area (Å²) in [6.07, 6.45) is 42.4. The minimum Gasteiger partial charge on any atom is -0.394 e. The Kier molecular flexibility index (Phi) is 43.1. The molecule has 0 aromatic rings. The van der Waals surface area contributed by atoms with Crippen LogP contribution in [0.15, 0.2) is 0 Å². The summed E-state index contributed by atoms with van der Waals surface area (Å²) < 4.78 is 47.9. The van der Waals surface area contributed by atoms with Crippen molar-refractivity contribution in [1.82, 2.24) is 5.32 Å². The zero-order chi connectivity index (χ0) is 49.1. The van der Waals surface area contributed by atoms with Gasteiger partial charge in [0.25, 0.3) is 0 Å². The van der Waals surface area contributed by atoms with Crippen LogP contribution in [-0.4, -0.2) is 95.4 Å². The highest BCUT2D eigenvalue weighted by Crippen LogP contribution is 2.26. The molecule has 1 saturated heterocycles. The number of ether oxygens (including phenoxy) is 2. The Bertz CT molecular complexity index is 1200. The Morgan fingerprint density at radius 1 is 0.537 bits per heavy atom. The van der Waals surface area contributed by atoms with Crippen LogP contribution in [0.5, 0.6) is 0 Å². The Balaban J connectivity index is 2.36. The zero-order valence-electron chi connectivity index (χ0n) is 43.2. The number of aliphatic hydroxyl groups excluding tert-OH is 4. The molecule has 0 aromatic heterocycles. The van der Waals surface area contributed by atoms with Crippen molar-refractivity contribution >= 4 is 16.3 Å². The molecule has 1 aliphatic heterocycles. The Labute approximate surface area is 411 Å². The number of carbonyl (C=O) groups excluding carboxylic acids is 1. The second kappa shape index (κ2) is 45.0. The van der Waals surface area contributed by atoms with E-state index in [9.17, 15) is 38.2 Å². The molecule has 6 N–H and O–H groups in total. The first-order valence-corrected chi connectivity index (χ1v) is 29.8. The maximum absolute atomic E-state index is 13.1. The van der Waals surface area contributed by atoms with Gasteiger partial charge in [-0.15, -0.1) is 0 Å². The predicted octanol–water partition coefficient (Wildman–Crippen LogP) is 12.9. The van der Waals surface area contributed by atoms with Gasteiger partial charge in [0.2, 0.25) is 5.91 Å². The minimum atomic E-state index is -5.08. The summed E-state index contributed by atoms with van der Waals surface area (Å²) in [5.41, 5.74) is 0.